The van der Waals surface area contributed by atoms with Gasteiger partial charge in [-0.1, -0.05) is 6.07 Å². The number of rotatable bonds is 4. The number of amides is 1. The van der Waals surface area contributed by atoms with Gasteiger partial charge in [-0.25, -0.2) is 9.97 Å². The Kier molecular flexibility index (Phi) is 3.96. The highest BCUT2D eigenvalue weighted by atomic mass is 32.1. The molecular weight excluding hydrogens is 324 g/mol. The fourth-order valence-corrected chi connectivity index (χ4v) is 3.40. The molecule has 122 valence electrons. The lowest BCUT2D eigenvalue weighted by molar-refractivity contribution is 0.102. The van der Waals surface area contributed by atoms with Crippen molar-refractivity contribution in [2.75, 3.05) is 23.3 Å². The Balaban J connectivity index is 1.49. The number of thiophene rings is 1. The first-order chi connectivity index (χ1) is 11.8. The molecule has 0 spiro atoms. The topological polar surface area (TPSA) is 86.8 Å². The maximum atomic E-state index is 12.4. The molecular formula is C16H16N6OS. The van der Waals surface area contributed by atoms with Crippen molar-refractivity contribution in [3.8, 4) is 10.6 Å². The van der Waals surface area contributed by atoms with Crippen molar-refractivity contribution >= 4 is 28.9 Å². The molecule has 1 saturated heterocycles. The smallest absolute Gasteiger partial charge is 0.277 e. The van der Waals surface area contributed by atoms with Gasteiger partial charge < -0.3 is 10.2 Å². The van der Waals surface area contributed by atoms with E-state index in [2.05, 4.69) is 30.4 Å². The van der Waals surface area contributed by atoms with Gasteiger partial charge >= 0.3 is 0 Å². The van der Waals surface area contributed by atoms with Gasteiger partial charge in [0, 0.05) is 19.2 Å². The minimum absolute atomic E-state index is 0.292. The molecule has 4 heterocycles. The molecule has 2 N–H and O–H groups in total. The summed E-state index contributed by atoms with van der Waals surface area (Å²) >= 11 is 1.59. The van der Waals surface area contributed by atoms with Crippen molar-refractivity contribution < 1.29 is 4.79 Å². The molecule has 0 atom stereocenters. The van der Waals surface area contributed by atoms with Crippen molar-refractivity contribution in [3.05, 3.63) is 41.7 Å². The number of carbonyl (C=O) groups excluding carboxylic acids is 1. The van der Waals surface area contributed by atoms with Crippen LogP contribution in [-0.2, 0) is 0 Å². The molecule has 3 aromatic heterocycles. The van der Waals surface area contributed by atoms with Crippen LogP contribution in [0.2, 0.25) is 0 Å². The number of anilines is 2. The Morgan fingerprint density at radius 3 is 2.92 bits per heavy atom. The molecule has 4 rings (SSSR count). The van der Waals surface area contributed by atoms with Crippen molar-refractivity contribution in [1.82, 2.24) is 20.2 Å². The van der Waals surface area contributed by atoms with E-state index in [0.717, 1.165) is 29.5 Å². The summed E-state index contributed by atoms with van der Waals surface area (Å²) in [5.74, 6) is 1.04. The third-order valence-corrected chi connectivity index (χ3v) is 4.82. The minimum Gasteiger partial charge on any atom is -0.356 e. The van der Waals surface area contributed by atoms with Gasteiger partial charge in [-0.2, -0.15) is 5.10 Å². The highest BCUT2D eigenvalue weighted by Gasteiger charge is 2.16. The Morgan fingerprint density at radius 2 is 2.12 bits per heavy atom. The minimum atomic E-state index is -0.292. The number of aromatic amines is 1. The predicted molar refractivity (Wildman–Crippen MR) is 93.3 cm³/mol. The number of hydrogen-bond donors (Lipinski definition) is 2. The van der Waals surface area contributed by atoms with Gasteiger partial charge in [-0.05, 0) is 30.4 Å². The molecule has 0 aliphatic carbocycles. The summed E-state index contributed by atoms with van der Waals surface area (Å²) in [6, 6.07) is 7.48. The lowest BCUT2D eigenvalue weighted by atomic mass is 10.3. The fourth-order valence-electron chi connectivity index (χ4n) is 2.71. The van der Waals surface area contributed by atoms with E-state index in [9.17, 15) is 4.79 Å². The average molecular weight is 340 g/mol. The van der Waals surface area contributed by atoms with Crippen molar-refractivity contribution in [3.63, 3.8) is 0 Å². The van der Waals surface area contributed by atoms with Gasteiger partial charge in [0.15, 0.2) is 5.69 Å². The van der Waals surface area contributed by atoms with Crippen LogP contribution < -0.4 is 10.2 Å². The molecule has 7 nitrogen and oxygen atoms in total. The molecule has 0 bridgehead atoms. The van der Waals surface area contributed by atoms with Gasteiger partial charge in [0.25, 0.3) is 5.91 Å². The molecule has 8 heteroatoms. The largest absolute Gasteiger partial charge is 0.356 e. The van der Waals surface area contributed by atoms with Crippen LogP contribution in [0.1, 0.15) is 23.3 Å². The Bertz CT molecular complexity index is 838. The summed E-state index contributed by atoms with van der Waals surface area (Å²) in [5, 5.41) is 11.7. The number of carbonyl (C=O) groups is 1. The van der Waals surface area contributed by atoms with Gasteiger partial charge in [0.05, 0.1) is 10.6 Å². The molecule has 0 saturated carbocycles. The molecule has 0 aromatic carbocycles. The van der Waals surface area contributed by atoms with Crippen molar-refractivity contribution in [2.24, 2.45) is 0 Å². The molecule has 1 fully saturated rings. The number of hydrogen-bond acceptors (Lipinski definition) is 6. The summed E-state index contributed by atoms with van der Waals surface area (Å²) in [6.07, 6.45) is 3.82. The Labute approximate surface area is 142 Å². The van der Waals surface area contributed by atoms with E-state index in [-0.39, 0.29) is 5.91 Å². The van der Waals surface area contributed by atoms with Gasteiger partial charge in [-0.15, -0.1) is 11.3 Å². The predicted octanol–water partition coefficient (Wildman–Crippen LogP) is 2.78. The number of H-pyrrole nitrogens is 1. The summed E-state index contributed by atoms with van der Waals surface area (Å²) in [5.41, 5.74) is 1.16. The summed E-state index contributed by atoms with van der Waals surface area (Å²) in [7, 11) is 0. The third-order valence-electron chi connectivity index (χ3n) is 3.92. The maximum Gasteiger partial charge on any atom is 0.277 e. The first-order valence-corrected chi connectivity index (χ1v) is 8.65. The SMILES string of the molecule is O=C(Nc1cc(N2CCCC2)ncn1)c1cc(-c2cccs2)[nH]n1. The highest BCUT2D eigenvalue weighted by molar-refractivity contribution is 7.13. The second-order valence-electron chi connectivity index (χ2n) is 5.55. The van der Waals surface area contributed by atoms with Crippen LogP contribution in [0.15, 0.2) is 36.0 Å². The fraction of sp³-hybridized carbons (Fsp3) is 0.250. The van der Waals surface area contributed by atoms with Crippen LogP contribution in [0.3, 0.4) is 0 Å². The van der Waals surface area contributed by atoms with Crippen LogP contribution in [0.25, 0.3) is 10.6 Å². The van der Waals surface area contributed by atoms with Crippen LogP contribution >= 0.6 is 11.3 Å². The average Bonchev–Trinajstić information content (AvgIpc) is 3.36. The molecule has 24 heavy (non-hydrogen) atoms. The van der Waals surface area contributed by atoms with Crippen LogP contribution in [-0.4, -0.2) is 39.2 Å². The second kappa shape index (κ2) is 6.40. The molecule has 1 aliphatic rings. The Morgan fingerprint density at radius 1 is 1.25 bits per heavy atom. The van der Waals surface area contributed by atoms with E-state index in [0.29, 0.717) is 11.5 Å². The summed E-state index contributed by atoms with van der Waals surface area (Å²) in [6.45, 7) is 1.99. The highest BCUT2D eigenvalue weighted by Crippen LogP contribution is 2.23. The quantitative estimate of drug-likeness (QED) is 0.762. The van der Waals surface area contributed by atoms with Gasteiger partial charge in [0.1, 0.15) is 18.0 Å². The zero-order valence-electron chi connectivity index (χ0n) is 12.9. The summed E-state index contributed by atoms with van der Waals surface area (Å²) in [4.78, 5) is 24.0. The standard InChI is InChI=1S/C16H16N6OS/c23-16(12-8-11(20-21-12)13-4-3-7-24-13)19-14-9-15(18-10-17-14)22-5-1-2-6-22/h3-4,7-10H,1-2,5-6H2,(H,20,21)(H,17,18,19,23). The first-order valence-electron chi connectivity index (χ1n) is 7.77. The van der Waals surface area contributed by atoms with Crippen molar-refractivity contribution in [1.29, 1.82) is 0 Å². The molecule has 1 amide bonds. The van der Waals surface area contributed by atoms with E-state index < -0.39 is 0 Å². The Hall–Kier alpha value is -2.74. The van der Waals surface area contributed by atoms with Crippen LogP contribution in [0.5, 0.6) is 0 Å². The van der Waals surface area contributed by atoms with E-state index in [4.69, 9.17) is 0 Å². The van der Waals surface area contributed by atoms with E-state index >= 15 is 0 Å². The van der Waals surface area contributed by atoms with Crippen LogP contribution in [0.4, 0.5) is 11.6 Å². The molecule has 0 radical (unpaired) electrons. The molecule has 1 aliphatic heterocycles. The zero-order chi connectivity index (χ0) is 16.4. The molecule has 0 unspecified atom stereocenters. The first kappa shape index (κ1) is 14.8. The number of nitrogens with one attached hydrogen (secondary N) is 2. The monoisotopic (exact) mass is 340 g/mol. The number of nitrogens with zero attached hydrogens (tertiary/aromatic N) is 4. The van der Waals surface area contributed by atoms with Crippen molar-refractivity contribution in [2.45, 2.75) is 12.8 Å². The van der Waals surface area contributed by atoms with Crippen LogP contribution in [0, 0.1) is 0 Å². The van der Waals surface area contributed by atoms with E-state index in [1.165, 1.54) is 19.2 Å². The normalized spacial score (nSPS) is 14.1. The zero-order valence-corrected chi connectivity index (χ0v) is 13.7. The summed E-state index contributed by atoms with van der Waals surface area (Å²) < 4.78 is 0. The van der Waals surface area contributed by atoms with Gasteiger partial charge in [0.2, 0.25) is 0 Å². The van der Waals surface area contributed by atoms with E-state index in [1.807, 2.05) is 17.5 Å². The number of aromatic nitrogens is 4. The second-order valence-corrected chi connectivity index (χ2v) is 6.50. The lowest BCUT2D eigenvalue weighted by Gasteiger charge is -2.16. The molecule has 3 aromatic rings. The lowest BCUT2D eigenvalue weighted by Crippen LogP contribution is -2.20. The van der Waals surface area contributed by atoms with Gasteiger partial charge in [-0.3, -0.25) is 9.89 Å². The van der Waals surface area contributed by atoms with E-state index in [1.54, 1.807) is 23.5 Å². The third kappa shape index (κ3) is 3.00. The maximum absolute atomic E-state index is 12.4.